The molecular formula is C12H14N4O. The molecule has 0 atom stereocenters. The minimum absolute atomic E-state index is 0.130. The molecule has 88 valence electrons. The first kappa shape index (κ1) is 10.4. The molecule has 1 aliphatic carbocycles. The molecule has 0 bridgehead atoms. The van der Waals surface area contributed by atoms with Gasteiger partial charge in [0.15, 0.2) is 5.82 Å². The number of aromatic nitrogens is 3. The van der Waals surface area contributed by atoms with Crippen molar-refractivity contribution in [2.24, 2.45) is 5.73 Å². The van der Waals surface area contributed by atoms with Crippen LogP contribution >= 0.6 is 0 Å². The summed E-state index contributed by atoms with van der Waals surface area (Å²) in [5.74, 6) is 1.35. The van der Waals surface area contributed by atoms with Gasteiger partial charge in [-0.05, 0) is 25.0 Å². The SMILES string of the molecule is CC1(c2noc(-c3ccnc(CN)c3)n2)CC1. The van der Waals surface area contributed by atoms with Crippen molar-refractivity contribution >= 4 is 0 Å². The third-order valence-electron chi connectivity index (χ3n) is 3.24. The van der Waals surface area contributed by atoms with Gasteiger partial charge in [-0.2, -0.15) is 4.98 Å². The Morgan fingerprint density at radius 2 is 2.29 bits per heavy atom. The Morgan fingerprint density at radius 3 is 3.00 bits per heavy atom. The van der Waals surface area contributed by atoms with E-state index < -0.39 is 0 Å². The lowest BCUT2D eigenvalue weighted by atomic mass is 10.1. The molecule has 2 aromatic rings. The van der Waals surface area contributed by atoms with Crippen molar-refractivity contribution in [1.82, 2.24) is 15.1 Å². The third kappa shape index (κ3) is 1.82. The molecule has 0 spiro atoms. The Hall–Kier alpha value is -1.75. The second-order valence-corrected chi connectivity index (χ2v) is 4.72. The molecule has 2 heterocycles. The van der Waals surface area contributed by atoms with Gasteiger partial charge in [0.25, 0.3) is 5.89 Å². The van der Waals surface area contributed by atoms with E-state index in [1.165, 1.54) is 0 Å². The predicted molar refractivity (Wildman–Crippen MR) is 62.0 cm³/mol. The largest absolute Gasteiger partial charge is 0.334 e. The van der Waals surface area contributed by atoms with Gasteiger partial charge in [-0.15, -0.1) is 0 Å². The first-order chi connectivity index (χ1) is 8.21. The summed E-state index contributed by atoms with van der Waals surface area (Å²) >= 11 is 0. The summed E-state index contributed by atoms with van der Waals surface area (Å²) in [5, 5.41) is 4.04. The standard InChI is InChI=1S/C12H14N4O/c1-12(3-4-12)11-15-10(17-16-11)8-2-5-14-9(6-8)7-13/h2,5-6H,3-4,7,13H2,1H3. The van der Waals surface area contributed by atoms with Gasteiger partial charge in [-0.25, -0.2) is 0 Å². The first-order valence-electron chi connectivity index (χ1n) is 5.71. The quantitative estimate of drug-likeness (QED) is 0.867. The van der Waals surface area contributed by atoms with Crippen molar-refractivity contribution in [2.75, 3.05) is 0 Å². The average molecular weight is 230 g/mol. The molecule has 5 heteroatoms. The molecule has 0 saturated heterocycles. The molecule has 2 N–H and O–H groups in total. The van der Waals surface area contributed by atoms with Crippen LogP contribution in [0.1, 0.15) is 31.3 Å². The fraction of sp³-hybridized carbons (Fsp3) is 0.417. The summed E-state index contributed by atoms with van der Waals surface area (Å²) in [6.45, 7) is 2.56. The van der Waals surface area contributed by atoms with Crippen LogP contribution in [-0.4, -0.2) is 15.1 Å². The van der Waals surface area contributed by atoms with Crippen LogP contribution < -0.4 is 5.73 Å². The zero-order valence-electron chi connectivity index (χ0n) is 9.68. The Balaban J connectivity index is 1.95. The van der Waals surface area contributed by atoms with Gasteiger partial charge in [0.05, 0.1) is 5.69 Å². The van der Waals surface area contributed by atoms with Crippen LogP contribution in [-0.2, 0) is 12.0 Å². The summed E-state index contributed by atoms with van der Waals surface area (Å²) in [6, 6.07) is 3.73. The van der Waals surface area contributed by atoms with E-state index >= 15 is 0 Å². The van der Waals surface area contributed by atoms with Gasteiger partial charge in [0, 0.05) is 23.7 Å². The van der Waals surface area contributed by atoms with Crippen molar-refractivity contribution in [2.45, 2.75) is 31.7 Å². The molecule has 0 radical (unpaired) electrons. The molecule has 0 unspecified atom stereocenters. The molecule has 17 heavy (non-hydrogen) atoms. The van der Waals surface area contributed by atoms with E-state index in [1.807, 2.05) is 12.1 Å². The Bertz CT molecular complexity index is 545. The maximum atomic E-state index is 5.55. The second kappa shape index (κ2) is 3.63. The van der Waals surface area contributed by atoms with Crippen LogP contribution in [0.3, 0.4) is 0 Å². The fourth-order valence-corrected chi connectivity index (χ4v) is 1.72. The van der Waals surface area contributed by atoms with Gasteiger partial charge < -0.3 is 10.3 Å². The third-order valence-corrected chi connectivity index (χ3v) is 3.24. The van der Waals surface area contributed by atoms with Gasteiger partial charge in [-0.3, -0.25) is 4.98 Å². The highest BCUT2D eigenvalue weighted by Gasteiger charge is 2.43. The molecule has 0 amide bonds. The smallest absolute Gasteiger partial charge is 0.258 e. The summed E-state index contributed by atoms with van der Waals surface area (Å²) < 4.78 is 5.29. The predicted octanol–water partition coefficient (Wildman–Crippen LogP) is 1.64. The van der Waals surface area contributed by atoms with Crippen LogP contribution in [0.25, 0.3) is 11.5 Å². The lowest BCUT2D eigenvalue weighted by molar-refractivity contribution is 0.416. The zero-order valence-corrected chi connectivity index (χ0v) is 9.68. The minimum Gasteiger partial charge on any atom is -0.334 e. The van der Waals surface area contributed by atoms with Crippen molar-refractivity contribution < 1.29 is 4.52 Å². The summed E-state index contributed by atoms with van der Waals surface area (Å²) in [4.78, 5) is 8.58. The Morgan fingerprint density at radius 1 is 1.47 bits per heavy atom. The topological polar surface area (TPSA) is 77.8 Å². The van der Waals surface area contributed by atoms with E-state index in [1.54, 1.807) is 6.20 Å². The van der Waals surface area contributed by atoms with Crippen LogP contribution in [0.4, 0.5) is 0 Å². The van der Waals surface area contributed by atoms with Crippen LogP contribution in [0, 0.1) is 0 Å². The van der Waals surface area contributed by atoms with Gasteiger partial charge in [-0.1, -0.05) is 12.1 Å². The number of hydrogen-bond acceptors (Lipinski definition) is 5. The van der Waals surface area contributed by atoms with E-state index in [9.17, 15) is 0 Å². The van der Waals surface area contributed by atoms with Crippen molar-refractivity contribution in [3.63, 3.8) is 0 Å². The number of nitrogens with zero attached hydrogens (tertiary/aromatic N) is 3. The van der Waals surface area contributed by atoms with Crippen molar-refractivity contribution in [1.29, 1.82) is 0 Å². The molecule has 1 fully saturated rings. The van der Waals surface area contributed by atoms with Crippen LogP contribution in [0.2, 0.25) is 0 Å². The lowest BCUT2D eigenvalue weighted by Crippen LogP contribution is -2.02. The van der Waals surface area contributed by atoms with Gasteiger partial charge in [0.1, 0.15) is 0 Å². The van der Waals surface area contributed by atoms with Crippen LogP contribution in [0.5, 0.6) is 0 Å². The zero-order chi connectivity index (χ0) is 11.9. The maximum Gasteiger partial charge on any atom is 0.258 e. The maximum absolute atomic E-state index is 5.55. The summed E-state index contributed by atoms with van der Waals surface area (Å²) in [7, 11) is 0. The van der Waals surface area contributed by atoms with E-state index in [0.717, 1.165) is 29.9 Å². The number of hydrogen-bond donors (Lipinski definition) is 1. The molecule has 1 saturated carbocycles. The van der Waals surface area contributed by atoms with Crippen molar-refractivity contribution in [3.05, 3.63) is 29.8 Å². The molecule has 0 aliphatic heterocycles. The molecule has 5 nitrogen and oxygen atoms in total. The molecule has 1 aliphatic rings. The Labute approximate surface area is 99.1 Å². The molecule has 2 aromatic heterocycles. The molecule has 0 aromatic carbocycles. The fourth-order valence-electron chi connectivity index (χ4n) is 1.72. The second-order valence-electron chi connectivity index (χ2n) is 4.72. The van der Waals surface area contributed by atoms with Crippen molar-refractivity contribution in [3.8, 4) is 11.5 Å². The molecular weight excluding hydrogens is 216 g/mol. The summed E-state index contributed by atoms with van der Waals surface area (Å²) in [5.41, 5.74) is 7.38. The minimum atomic E-state index is 0.130. The van der Waals surface area contributed by atoms with E-state index in [4.69, 9.17) is 10.3 Å². The normalized spacial score (nSPS) is 17.1. The van der Waals surface area contributed by atoms with Gasteiger partial charge in [0.2, 0.25) is 0 Å². The van der Waals surface area contributed by atoms with Gasteiger partial charge >= 0.3 is 0 Å². The highest BCUT2D eigenvalue weighted by molar-refractivity contribution is 5.52. The number of nitrogens with two attached hydrogens (primary N) is 1. The number of pyridine rings is 1. The Kier molecular flexibility index (Phi) is 2.22. The van der Waals surface area contributed by atoms with E-state index in [-0.39, 0.29) is 5.41 Å². The summed E-state index contributed by atoms with van der Waals surface area (Å²) in [6.07, 6.45) is 3.98. The van der Waals surface area contributed by atoms with Crippen LogP contribution in [0.15, 0.2) is 22.9 Å². The number of rotatable bonds is 3. The lowest BCUT2D eigenvalue weighted by Gasteiger charge is -1.98. The highest BCUT2D eigenvalue weighted by atomic mass is 16.5. The van der Waals surface area contributed by atoms with E-state index in [2.05, 4.69) is 22.0 Å². The monoisotopic (exact) mass is 230 g/mol. The molecule has 3 rings (SSSR count). The van der Waals surface area contributed by atoms with E-state index in [0.29, 0.717) is 12.4 Å². The highest BCUT2D eigenvalue weighted by Crippen LogP contribution is 2.46. The average Bonchev–Trinajstić information content (AvgIpc) is 2.94. The first-order valence-corrected chi connectivity index (χ1v) is 5.71.